The van der Waals surface area contributed by atoms with E-state index in [0.29, 0.717) is 0 Å². The number of aromatic nitrogens is 1. The van der Waals surface area contributed by atoms with E-state index in [1.165, 1.54) is 33.3 Å². The van der Waals surface area contributed by atoms with Gasteiger partial charge in [0.2, 0.25) is 0 Å². The van der Waals surface area contributed by atoms with Crippen LogP contribution in [0.25, 0.3) is 22.7 Å². The van der Waals surface area contributed by atoms with Gasteiger partial charge in [-0.1, -0.05) is 78.9 Å². The molecular weight excluding hydrogens is 290 g/mol. The van der Waals surface area contributed by atoms with E-state index < -0.39 is 0 Å². The molecule has 0 amide bonds. The zero-order valence-electron chi connectivity index (χ0n) is 13.7. The summed E-state index contributed by atoms with van der Waals surface area (Å²) < 4.78 is 2.30. The Bertz CT molecular complexity index is 992. The second-order valence-electron chi connectivity index (χ2n) is 6.01. The lowest BCUT2D eigenvalue weighted by Gasteiger charge is -2.12. The third kappa shape index (κ3) is 2.65. The van der Waals surface area contributed by atoms with Gasteiger partial charge in [-0.2, -0.15) is 0 Å². The third-order valence-electron chi connectivity index (χ3n) is 4.34. The van der Waals surface area contributed by atoms with E-state index in [2.05, 4.69) is 109 Å². The Morgan fingerprint density at radius 3 is 2.12 bits per heavy atom. The first-order chi connectivity index (χ1) is 11.8. The number of hydrogen-bond donors (Lipinski definition) is 0. The van der Waals surface area contributed by atoms with Crippen molar-refractivity contribution in [3.63, 3.8) is 0 Å². The average Bonchev–Trinajstić information content (AvgIpc) is 2.98. The van der Waals surface area contributed by atoms with Crippen LogP contribution in [0, 0.1) is 6.92 Å². The molecule has 3 aromatic carbocycles. The molecule has 1 aromatic heterocycles. The van der Waals surface area contributed by atoms with Crippen molar-refractivity contribution in [1.29, 1.82) is 0 Å². The van der Waals surface area contributed by atoms with Crippen LogP contribution >= 0.6 is 0 Å². The van der Waals surface area contributed by atoms with Crippen LogP contribution in [0.5, 0.6) is 0 Å². The molecule has 4 aromatic rings. The number of para-hydroxylation sites is 1. The molecule has 0 aliphatic rings. The van der Waals surface area contributed by atoms with Crippen molar-refractivity contribution < 1.29 is 0 Å². The molecule has 0 spiro atoms. The number of hydrogen-bond acceptors (Lipinski definition) is 0. The molecule has 1 nitrogen and oxygen atoms in total. The number of nitrogens with zero attached hydrogens (tertiary/aromatic N) is 1. The van der Waals surface area contributed by atoms with Gasteiger partial charge in [-0.15, -0.1) is 0 Å². The highest BCUT2D eigenvalue weighted by atomic mass is 15.0. The van der Waals surface area contributed by atoms with E-state index in [9.17, 15) is 0 Å². The van der Waals surface area contributed by atoms with E-state index in [4.69, 9.17) is 0 Å². The van der Waals surface area contributed by atoms with Crippen molar-refractivity contribution >= 4 is 22.7 Å². The standard InChI is InChI=1S/C23H19N/c1-18-17-24(22-15-9-8-14-21(18)22)23(20-12-6-3-7-13-20)16-19-10-4-2-5-11-19/h2-17H,1H3/b23-16-. The number of benzene rings is 3. The Morgan fingerprint density at radius 2 is 1.38 bits per heavy atom. The molecule has 1 heterocycles. The maximum atomic E-state index is 2.30. The first-order valence-corrected chi connectivity index (χ1v) is 8.22. The summed E-state index contributed by atoms with van der Waals surface area (Å²) in [6, 6.07) is 29.6. The van der Waals surface area contributed by atoms with Crippen LogP contribution in [0.15, 0.2) is 91.1 Å². The van der Waals surface area contributed by atoms with Crippen LogP contribution in [-0.4, -0.2) is 4.57 Å². The topological polar surface area (TPSA) is 4.93 Å². The van der Waals surface area contributed by atoms with Crippen LogP contribution in [0.1, 0.15) is 16.7 Å². The van der Waals surface area contributed by atoms with Crippen LogP contribution in [0.3, 0.4) is 0 Å². The second-order valence-corrected chi connectivity index (χ2v) is 6.01. The molecule has 0 N–H and O–H groups in total. The highest BCUT2D eigenvalue weighted by Crippen LogP contribution is 2.28. The Balaban J connectivity index is 1.98. The molecule has 0 atom stereocenters. The van der Waals surface area contributed by atoms with Crippen molar-refractivity contribution in [2.75, 3.05) is 0 Å². The molecule has 0 aliphatic carbocycles. The van der Waals surface area contributed by atoms with Crippen molar-refractivity contribution in [3.8, 4) is 0 Å². The molecule has 4 rings (SSSR count). The number of aryl methyl sites for hydroxylation is 1. The fraction of sp³-hybridized carbons (Fsp3) is 0.0435. The van der Waals surface area contributed by atoms with Gasteiger partial charge in [0.05, 0.1) is 11.2 Å². The van der Waals surface area contributed by atoms with E-state index >= 15 is 0 Å². The van der Waals surface area contributed by atoms with Crippen LogP contribution in [0.4, 0.5) is 0 Å². The monoisotopic (exact) mass is 309 g/mol. The van der Waals surface area contributed by atoms with Gasteiger partial charge in [0.1, 0.15) is 0 Å². The van der Waals surface area contributed by atoms with E-state index in [0.717, 1.165) is 0 Å². The van der Waals surface area contributed by atoms with E-state index in [1.807, 2.05) is 0 Å². The molecular formula is C23H19N. The minimum absolute atomic E-state index is 1.19. The third-order valence-corrected chi connectivity index (χ3v) is 4.34. The lowest BCUT2D eigenvalue weighted by atomic mass is 10.1. The predicted octanol–water partition coefficient (Wildman–Crippen LogP) is 6.00. The zero-order valence-corrected chi connectivity index (χ0v) is 13.7. The van der Waals surface area contributed by atoms with Gasteiger partial charge in [0.25, 0.3) is 0 Å². The fourth-order valence-electron chi connectivity index (χ4n) is 3.16. The number of rotatable bonds is 3. The van der Waals surface area contributed by atoms with Gasteiger partial charge in [-0.25, -0.2) is 0 Å². The van der Waals surface area contributed by atoms with Gasteiger partial charge in [-0.05, 0) is 35.8 Å². The van der Waals surface area contributed by atoms with Crippen molar-refractivity contribution in [3.05, 3.63) is 108 Å². The molecule has 0 unspecified atom stereocenters. The Morgan fingerprint density at radius 1 is 0.750 bits per heavy atom. The summed E-state index contributed by atoms with van der Waals surface area (Å²) in [5.41, 5.74) is 6.13. The fourth-order valence-corrected chi connectivity index (χ4v) is 3.16. The van der Waals surface area contributed by atoms with E-state index in [1.54, 1.807) is 0 Å². The van der Waals surface area contributed by atoms with Crippen molar-refractivity contribution in [2.45, 2.75) is 6.92 Å². The summed E-state index contributed by atoms with van der Waals surface area (Å²) in [6.07, 6.45) is 4.48. The summed E-state index contributed by atoms with van der Waals surface area (Å²) in [4.78, 5) is 0. The van der Waals surface area contributed by atoms with Crippen molar-refractivity contribution in [1.82, 2.24) is 4.57 Å². The van der Waals surface area contributed by atoms with Gasteiger partial charge in [0.15, 0.2) is 0 Å². The second kappa shape index (κ2) is 6.21. The summed E-state index contributed by atoms with van der Waals surface area (Å²) >= 11 is 0. The quantitative estimate of drug-likeness (QED) is 0.409. The first kappa shape index (κ1) is 14.5. The minimum Gasteiger partial charge on any atom is -0.316 e. The molecule has 0 bridgehead atoms. The molecule has 0 radical (unpaired) electrons. The van der Waals surface area contributed by atoms with Gasteiger partial charge >= 0.3 is 0 Å². The van der Waals surface area contributed by atoms with Crippen LogP contribution in [0.2, 0.25) is 0 Å². The molecule has 1 heteroatoms. The predicted molar refractivity (Wildman–Crippen MR) is 103 cm³/mol. The zero-order chi connectivity index (χ0) is 16.4. The summed E-state index contributed by atoms with van der Waals surface area (Å²) in [6.45, 7) is 2.17. The Hall–Kier alpha value is -3.06. The van der Waals surface area contributed by atoms with Crippen LogP contribution < -0.4 is 0 Å². The molecule has 0 aliphatic heterocycles. The molecule has 116 valence electrons. The summed E-state index contributed by atoms with van der Waals surface area (Å²) in [5, 5.41) is 1.30. The number of fused-ring (bicyclic) bond motifs is 1. The van der Waals surface area contributed by atoms with Gasteiger partial charge < -0.3 is 4.57 Å². The SMILES string of the molecule is Cc1cn(/C(=C\c2ccccc2)c2ccccc2)c2ccccc12. The minimum atomic E-state index is 1.19. The molecule has 24 heavy (non-hydrogen) atoms. The lowest BCUT2D eigenvalue weighted by molar-refractivity contribution is 1.16. The van der Waals surface area contributed by atoms with Gasteiger partial charge in [-0.3, -0.25) is 0 Å². The maximum absolute atomic E-state index is 2.30. The highest BCUT2D eigenvalue weighted by Gasteiger charge is 2.10. The molecule has 0 fully saturated rings. The highest BCUT2D eigenvalue weighted by molar-refractivity contribution is 5.92. The lowest BCUT2D eigenvalue weighted by Crippen LogP contribution is -1.97. The summed E-state index contributed by atoms with van der Waals surface area (Å²) in [7, 11) is 0. The van der Waals surface area contributed by atoms with Crippen molar-refractivity contribution in [2.24, 2.45) is 0 Å². The van der Waals surface area contributed by atoms with Gasteiger partial charge in [0, 0.05) is 11.6 Å². The Kier molecular flexibility index (Phi) is 3.76. The Labute approximate surface area is 142 Å². The normalized spacial score (nSPS) is 11.8. The summed E-state index contributed by atoms with van der Waals surface area (Å²) in [5.74, 6) is 0. The maximum Gasteiger partial charge on any atom is 0.0534 e. The first-order valence-electron chi connectivity index (χ1n) is 8.22. The van der Waals surface area contributed by atoms with Crippen LogP contribution in [-0.2, 0) is 0 Å². The largest absolute Gasteiger partial charge is 0.316 e. The molecule has 0 saturated heterocycles. The average molecular weight is 309 g/mol. The molecule has 0 saturated carbocycles. The smallest absolute Gasteiger partial charge is 0.0534 e. The van der Waals surface area contributed by atoms with E-state index in [-0.39, 0.29) is 0 Å².